The topological polar surface area (TPSA) is 43.1 Å². The van der Waals surface area contributed by atoms with Gasteiger partial charge in [-0.15, -0.1) is 5.10 Å². The van der Waals surface area contributed by atoms with Crippen LogP contribution >= 0.6 is 11.8 Å². The minimum atomic E-state index is 0.726. The second-order valence-corrected chi connectivity index (χ2v) is 5.43. The molecule has 102 valence electrons. The fourth-order valence-electron chi connectivity index (χ4n) is 2.37. The summed E-state index contributed by atoms with van der Waals surface area (Å²) in [5.74, 6) is 0.726. The number of nitrogens with zero attached hydrogens (tertiary/aromatic N) is 4. The first-order chi connectivity index (χ1) is 10.4. The van der Waals surface area contributed by atoms with E-state index in [1.807, 2.05) is 65.4 Å². The van der Waals surface area contributed by atoms with Crippen molar-refractivity contribution in [2.45, 2.75) is 5.16 Å². The molecule has 0 saturated heterocycles. The molecule has 0 radical (unpaired) electrons. The van der Waals surface area contributed by atoms with Crippen molar-refractivity contribution in [3.05, 3.63) is 54.6 Å². The van der Waals surface area contributed by atoms with E-state index in [1.165, 1.54) is 0 Å². The van der Waals surface area contributed by atoms with E-state index in [-0.39, 0.29) is 0 Å². The lowest BCUT2D eigenvalue weighted by Crippen LogP contribution is -1.97. The second-order valence-electron chi connectivity index (χ2n) is 4.65. The van der Waals surface area contributed by atoms with E-state index < -0.39 is 0 Å². The molecule has 21 heavy (non-hydrogen) atoms. The molecule has 2 heterocycles. The summed E-state index contributed by atoms with van der Waals surface area (Å²) in [6.45, 7) is 0. The quantitative estimate of drug-likeness (QED) is 0.417. The Balaban J connectivity index is 2.08. The first kappa shape index (κ1) is 12.3. The molecule has 0 unspecified atom stereocenters. The molecule has 0 atom stereocenters. The van der Waals surface area contributed by atoms with Crippen molar-refractivity contribution in [1.82, 2.24) is 19.6 Å². The van der Waals surface area contributed by atoms with Crippen molar-refractivity contribution in [3.63, 3.8) is 0 Å². The molecule has 4 rings (SSSR count). The van der Waals surface area contributed by atoms with Gasteiger partial charge >= 0.3 is 0 Å². The minimum absolute atomic E-state index is 0.726. The molecule has 4 aromatic rings. The van der Waals surface area contributed by atoms with Crippen LogP contribution in [0.25, 0.3) is 27.9 Å². The summed E-state index contributed by atoms with van der Waals surface area (Å²) in [6, 6.07) is 18.0. The number of hydrogen-bond acceptors (Lipinski definition) is 4. The lowest BCUT2D eigenvalue weighted by molar-refractivity contribution is 0.813. The third-order valence-electron chi connectivity index (χ3n) is 3.36. The van der Waals surface area contributed by atoms with E-state index in [1.54, 1.807) is 11.8 Å². The van der Waals surface area contributed by atoms with Gasteiger partial charge in [0.25, 0.3) is 0 Å². The van der Waals surface area contributed by atoms with Crippen molar-refractivity contribution in [2.24, 2.45) is 0 Å². The van der Waals surface area contributed by atoms with Crippen LogP contribution in [0.3, 0.4) is 0 Å². The molecule has 0 aliphatic carbocycles. The average molecular weight is 292 g/mol. The number of aromatic nitrogens is 4. The zero-order chi connectivity index (χ0) is 14.2. The molecular formula is C16H12N4S. The van der Waals surface area contributed by atoms with Crippen LogP contribution in [0.2, 0.25) is 0 Å². The van der Waals surface area contributed by atoms with Gasteiger partial charge in [-0.2, -0.15) is 4.52 Å². The van der Waals surface area contributed by atoms with E-state index >= 15 is 0 Å². The minimum Gasteiger partial charge on any atom is -0.222 e. The Labute approximate surface area is 125 Å². The molecule has 0 saturated carbocycles. The van der Waals surface area contributed by atoms with Gasteiger partial charge in [-0.1, -0.05) is 54.2 Å². The van der Waals surface area contributed by atoms with Crippen LogP contribution < -0.4 is 0 Å². The third kappa shape index (κ3) is 1.97. The van der Waals surface area contributed by atoms with Crippen molar-refractivity contribution in [1.29, 1.82) is 0 Å². The van der Waals surface area contributed by atoms with Crippen molar-refractivity contribution >= 4 is 28.3 Å². The Kier molecular flexibility index (Phi) is 2.86. The predicted octanol–water partition coefficient (Wildman–Crippen LogP) is 3.67. The van der Waals surface area contributed by atoms with Crippen LogP contribution in [0.15, 0.2) is 59.8 Å². The first-order valence-corrected chi connectivity index (χ1v) is 7.84. The molecule has 0 bridgehead atoms. The van der Waals surface area contributed by atoms with Crippen molar-refractivity contribution in [3.8, 4) is 11.4 Å². The summed E-state index contributed by atoms with van der Waals surface area (Å²) in [4.78, 5) is 9.37. The molecule has 5 heteroatoms. The monoisotopic (exact) mass is 292 g/mol. The smallest absolute Gasteiger partial charge is 0.191 e. The van der Waals surface area contributed by atoms with Crippen LogP contribution in [0, 0.1) is 0 Å². The molecule has 0 amide bonds. The third-order valence-corrected chi connectivity index (χ3v) is 3.99. The summed E-state index contributed by atoms with van der Waals surface area (Å²) in [7, 11) is 0. The molecule has 0 N–H and O–H groups in total. The first-order valence-electron chi connectivity index (χ1n) is 6.62. The van der Waals surface area contributed by atoms with Gasteiger partial charge in [0.15, 0.2) is 16.6 Å². The van der Waals surface area contributed by atoms with Crippen LogP contribution in [-0.4, -0.2) is 25.8 Å². The maximum absolute atomic E-state index is 4.72. The lowest BCUT2D eigenvalue weighted by atomic mass is 10.2. The fraction of sp³-hybridized carbons (Fsp3) is 0.0625. The van der Waals surface area contributed by atoms with Gasteiger partial charge in [-0.25, -0.2) is 9.97 Å². The van der Waals surface area contributed by atoms with Gasteiger partial charge in [-0.3, -0.25) is 0 Å². The van der Waals surface area contributed by atoms with Crippen LogP contribution in [0.4, 0.5) is 0 Å². The summed E-state index contributed by atoms with van der Waals surface area (Å²) in [5, 5.41) is 6.49. The summed E-state index contributed by atoms with van der Waals surface area (Å²) >= 11 is 1.57. The molecular weight excluding hydrogens is 280 g/mol. The number of rotatable bonds is 2. The number of benzene rings is 2. The van der Waals surface area contributed by atoms with Gasteiger partial charge in [0, 0.05) is 10.9 Å². The molecule has 2 aromatic carbocycles. The maximum Gasteiger partial charge on any atom is 0.191 e. The second kappa shape index (κ2) is 4.86. The molecule has 0 fully saturated rings. The van der Waals surface area contributed by atoms with Crippen LogP contribution in [0.1, 0.15) is 0 Å². The highest BCUT2D eigenvalue weighted by molar-refractivity contribution is 7.98. The average Bonchev–Trinajstić information content (AvgIpc) is 3.00. The maximum atomic E-state index is 4.72. The van der Waals surface area contributed by atoms with Crippen molar-refractivity contribution < 1.29 is 0 Å². The van der Waals surface area contributed by atoms with E-state index in [9.17, 15) is 0 Å². The van der Waals surface area contributed by atoms with E-state index in [2.05, 4.69) is 10.1 Å². The molecule has 0 spiro atoms. The Hall–Kier alpha value is -2.40. The van der Waals surface area contributed by atoms with Gasteiger partial charge < -0.3 is 0 Å². The van der Waals surface area contributed by atoms with Crippen LogP contribution in [-0.2, 0) is 0 Å². The van der Waals surface area contributed by atoms with Gasteiger partial charge in [0.05, 0.1) is 5.52 Å². The standard InChI is InChI=1S/C16H12N4S/c1-21-16-17-13-10-6-5-9-12(13)15-18-14(19-20(15)16)11-7-3-2-4-8-11/h2-10H,1H3. The fourth-order valence-corrected chi connectivity index (χ4v) is 2.86. The largest absolute Gasteiger partial charge is 0.222 e. The lowest BCUT2D eigenvalue weighted by Gasteiger charge is -2.02. The number of thioether (sulfide) groups is 1. The molecule has 2 aromatic heterocycles. The highest BCUT2D eigenvalue weighted by Gasteiger charge is 2.13. The molecule has 0 aliphatic rings. The molecule has 0 aliphatic heterocycles. The number of hydrogen-bond donors (Lipinski definition) is 0. The van der Waals surface area contributed by atoms with E-state index in [0.717, 1.165) is 33.1 Å². The normalized spacial score (nSPS) is 11.3. The zero-order valence-electron chi connectivity index (χ0n) is 11.4. The highest BCUT2D eigenvalue weighted by Crippen LogP contribution is 2.25. The Morgan fingerprint density at radius 1 is 0.905 bits per heavy atom. The van der Waals surface area contributed by atoms with Crippen LogP contribution in [0.5, 0.6) is 0 Å². The summed E-state index contributed by atoms with van der Waals surface area (Å²) in [5.41, 5.74) is 2.81. The summed E-state index contributed by atoms with van der Waals surface area (Å²) < 4.78 is 1.83. The zero-order valence-corrected chi connectivity index (χ0v) is 12.2. The van der Waals surface area contributed by atoms with Gasteiger partial charge in [-0.05, 0) is 18.4 Å². The van der Waals surface area contributed by atoms with E-state index in [4.69, 9.17) is 4.98 Å². The van der Waals surface area contributed by atoms with Gasteiger partial charge in [0.2, 0.25) is 0 Å². The van der Waals surface area contributed by atoms with E-state index in [0.29, 0.717) is 0 Å². The number of fused-ring (bicyclic) bond motifs is 3. The Morgan fingerprint density at radius 2 is 1.67 bits per heavy atom. The van der Waals surface area contributed by atoms with Crippen molar-refractivity contribution in [2.75, 3.05) is 6.26 Å². The SMILES string of the molecule is CSc1nc2ccccc2c2nc(-c3ccccc3)nn12. The Morgan fingerprint density at radius 3 is 2.48 bits per heavy atom. The predicted molar refractivity (Wildman–Crippen MR) is 85.5 cm³/mol. The van der Waals surface area contributed by atoms with Gasteiger partial charge in [0.1, 0.15) is 0 Å². The number of para-hydroxylation sites is 1. The summed E-state index contributed by atoms with van der Waals surface area (Å²) in [6.07, 6.45) is 2.00. The highest BCUT2D eigenvalue weighted by atomic mass is 32.2. The Bertz CT molecular complexity index is 931. The molecule has 4 nitrogen and oxygen atoms in total.